The number of ether oxygens (including phenoxy) is 1. The molecule has 0 radical (unpaired) electrons. The number of carbonyl (C=O) groups is 2. The van der Waals surface area contributed by atoms with Gasteiger partial charge in [-0.15, -0.1) is 0 Å². The molecule has 0 bridgehead atoms. The fourth-order valence-corrected chi connectivity index (χ4v) is 13.7. The van der Waals surface area contributed by atoms with Crippen LogP contribution in [0, 0.1) is 0 Å². The molecule has 0 aromatic rings. The number of rotatable bonds is 81. The van der Waals surface area contributed by atoms with Crippen molar-refractivity contribution in [1.29, 1.82) is 0 Å². The third kappa shape index (κ3) is 79.0. The van der Waals surface area contributed by atoms with Gasteiger partial charge in [0.15, 0.2) is 0 Å². The van der Waals surface area contributed by atoms with Crippen LogP contribution in [0.15, 0.2) is 36.5 Å². The Morgan fingerprint density at radius 1 is 0.301 bits per heavy atom. The Labute approximate surface area is 583 Å². The topological polar surface area (TPSA) is 95.9 Å². The molecule has 0 aromatic carbocycles. The number of hydrogen-bond donors (Lipinski definition) is 3. The number of hydrogen-bond acceptors (Lipinski definition) is 5. The molecule has 2 atom stereocenters. The Morgan fingerprint density at radius 3 is 0.849 bits per heavy atom. The van der Waals surface area contributed by atoms with Gasteiger partial charge < -0.3 is 20.3 Å². The van der Waals surface area contributed by atoms with Gasteiger partial charge in [0.25, 0.3) is 0 Å². The summed E-state index contributed by atoms with van der Waals surface area (Å²) in [5.41, 5.74) is 0. The molecule has 0 aromatic heterocycles. The zero-order valence-corrected chi connectivity index (χ0v) is 63.3. The molecule has 0 heterocycles. The van der Waals surface area contributed by atoms with Crippen LogP contribution in [-0.4, -0.2) is 47.4 Å². The fraction of sp³-hybridized carbons (Fsp3) is 0.908. The second-order valence-corrected chi connectivity index (χ2v) is 29.5. The zero-order valence-electron chi connectivity index (χ0n) is 63.3. The van der Waals surface area contributed by atoms with Crippen molar-refractivity contribution in [2.24, 2.45) is 0 Å². The van der Waals surface area contributed by atoms with Crippen LogP contribution in [0.2, 0.25) is 0 Å². The average Bonchev–Trinajstić information content (AvgIpc) is 3.78. The first-order valence-corrected chi connectivity index (χ1v) is 42.7. The Morgan fingerprint density at radius 2 is 0.538 bits per heavy atom. The summed E-state index contributed by atoms with van der Waals surface area (Å²) >= 11 is 0. The zero-order chi connectivity index (χ0) is 67.0. The summed E-state index contributed by atoms with van der Waals surface area (Å²) in [6.45, 7) is 4.98. The first-order chi connectivity index (χ1) is 46.0. The molecule has 3 N–H and O–H groups in total. The summed E-state index contributed by atoms with van der Waals surface area (Å²) in [5, 5.41) is 23.5. The van der Waals surface area contributed by atoms with Crippen LogP contribution in [0.5, 0.6) is 0 Å². The van der Waals surface area contributed by atoms with E-state index >= 15 is 0 Å². The van der Waals surface area contributed by atoms with E-state index in [0.717, 1.165) is 51.4 Å². The van der Waals surface area contributed by atoms with E-state index in [9.17, 15) is 19.8 Å². The molecule has 0 aliphatic carbocycles. The van der Waals surface area contributed by atoms with Crippen molar-refractivity contribution in [2.75, 3.05) is 13.2 Å². The first-order valence-electron chi connectivity index (χ1n) is 42.7. The first kappa shape index (κ1) is 91.1. The number of allylic oxidation sites excluding steroid dienone is 6. The van der Waals surface area contributed by atoms with E-state index in [-0.39, 0.29) is 18.5 Å². The number of amides is 1. The Balaban J connectivity index is 3.32. The lowest BCUT2D eigenvalue weighted by molar-refractivity contribution is -0.143. The maximum absolute atomic E-state index is 12.6. The third-order valence-electron chi connectivity index (χ3n) is 20.2. The van der Waals surface area contributed by atoms with Gasteiger partial charge in [-0.1, -0.05) is 423 Å². The van der Waals surface area contributed by atoms with Gasteiger partial charge in [0.2, 0.25) is 5.91 Å². The summed E-state index contributed by atoms with van der Waals surface area (Å²) in [5.74, 6) is -0.00990. The van der Waals surface area contributed by atoms with E-state index in [1.807, 2.05) is 0 Å². The van der Waals surface area contributed by atoms with Gasteiger partial charge in [-0.05, 0) is 83.5 Å². The highest BCUT2D eigenvalue weighted by atomic mass is 16.5. The number of carbonyl (C=O) groups excluding carboxylic acids is 2. The van der Waals surface area contributed by atoms with Crippen molar-refractivity contribution in [3.05, 3.63) is 36.5 Å². The summed E-state index contributed by atoms with van der Waals surface area (Å²) in [6.07, 6.45) is 108. The van der Waals surface area contributed by atoms with Crippen molar-refractivity contribution in [3.63, 3.8) is 0 Å². The third-order valence-corrected chi connectivity index (χ3v) is 20.2. The maximum atomic E-state index is 12.6. The second kappa shape index (κ2) is 82.5. The molecular formula is C87H167NO5. The lowest BCUT2D eigenvalue weighted by Gasteiger charge is -2.22. The van der Waals surface area contributed by atoms with Gasteiger partial charge in [-0.2, -0.15) is 0 Å². The largest absolute Gasteiger partial charge is 0.466 e. The molecule has 550 valence electrons. The van der Waals surface area contributed by atoms with Crippen molar-refractivity contribution in [1.82, 2.24) is 5.32 Å². The molecule has 0 fully saturated rings. The summed E-state index contributed by atoms with van der Waals surface area (Å²) < 4.78 is 5.51. The minimum atomic E-state index is -0.662. The smallest absolute Gasteiger partial charge is 0.305 e. The van der Waals surface area contributed by atoms with Gasteiger partial charge >= 0.3 is 5.97 Å². The molecule has 6 nitrogen and oxygen atoms in total. The lowest BCUT2D eigenvalue weighted by atomic mass is 10.0. The molecular weight excluding hydrogens is 1140 g/mol. The van der Waals surface area contributed by atoms with Crippen molar-refractivity contribution < 1.29 is 24.5 Å². The van der Waals surface area contributed by atoms with E-state index in [4.69, 9.17) is 4.74 Å². The quantitative estimate of drug-likeness (QED) is 0.0320. The molecule has 0 saturated heterocycles. The molecule has 93 heavy (non-hydrogen) atoms. The number of aliphatic hydroxyl groups excluding tert-OH is 2. The van der Waals surface area contributed by atoms with E-state index in [2.05, 4.69) is 55.6 Å². The summed E-state index contributed by atoms with van der Waals surface area (Å²) in [7, 11) is 0. The van der Waals surface area contributed by atoms with Crippen molar-refractivity contribution >= 4 is 11.9 Å². The second-order valence-electron chi connectivity index (χ2n) is 29.5. The SMILES string of the molecule is CCCCC/C=C\C/C=C\CCCCCCCCCC(=O)OCCCCCCCCCCCCCCCCCCCC/C=C\CCCCCCCCCCCCCCCCCCCC(=O)NC(CO)C(O)CCCCCCCCCCCCCCCCCCCCCC. The van der Waals surface area contributed by atoms with Crippen LogP contribution < -0.4 is 5.32 Å². The molecule has 6 heteroatoms. The highest BCUT2D eigenvalue weighted by Gasteiger charge is 2.20. The van der Waals surface area contributed by atoms with Crippen LogP contribution in [0.4, 0.5) is 0 Å². The van der Waals surface area contributed by atoms with E-state index in [1.165, 1.54) is 398 Å². The van der Waals surface area contributed by atoms with Crippen LogP contribution in [0.1, 0.15) is 483 Å². The Bertz CT molecular complexity index is 1510. The van der Waals surface area contributed by atoms with E-state index < -0.39 is 12.1 Å². The average molecular weight is 1310 g/mol. The number of unbranched alkanes of at least 4 members (excludes halogenated alkanes) is 64. The number of nitrogens with one attached hydrogen (secondary N) is 1. The van der Waals surface area contributed by atoms with Crippen molar-refractivity contribution in [3.8, 4) is 0 Å². The number of aliphatic hydroxyl groups is 2. The van der Waals surface area contributed by atoms with E-state index in [1.54, 1.807) is 0 Å². The van der Waals surface area contributed by atoms with E-state index in [0.29, 0.717) is 25.9 Å². The maximum Gasteiger partial charge on any atom is 0.305 e. The monoisotopic (exact) mass is 1310 g/mol. The van der Waals surface area contributed by atoms with Gasteiger partial charge in [-0.25, -0.2) is 0 Å². The molecule has 1 amide bonds. The van der Waals surface area contributed by atoms with Gasteiger partial charge in [0.05, 0.1) is 25.4 Å². The molecule has 0 aliphatic heterocycles. The number of esters is 1. The van der Waals surface area contributed by atoms with Crippen LogP contribution in [-0.2, 0) is 14.3 Å². The Hall–Kier alpha value is -1.92. The summed E-state index contributed by atoms with van der Waals surface area (Å²) in [4.78, 5) is 24.7. The van der Waals surface area contributed by atoms with Crippen LogP contribution >= 0.6 is 0 Å². The lowest BCUT2D eigenvalue weighted by Crippen LogP contribution is -2.45. The highest BCUT2D eigenvalue weighted by molar-refractivity contribution is 5.76. The molecule has 0 rings (SSSR count). The van der Waals surface area contributed by atoms with Gasteiger partial charge in [0, 0.05) is 12.8 Å². The van der Waals surface area contributed by atoms with Crippen LogP contribution in [0.25, 0.3) is 0 Å². The minimum Gasteiger partial charge on any atom is -0.466 e. The predicted octanol–water partition coefficient (Wildman–Crippen LogP) is 28.6. The van der Waals surface area contributed by atoms with Gasteiger partial charge in [0.1, 0.15) is 0 Å². The highest BCUT2D eigenvalue weighted by Crippen LogP contribution is 2.21. The molecule has 0 saturated carbocycles. The standard InChI is InChI=1S/C87H167NO5/c1-3-5-7-9-11-13-15-17-19-21-22-44-48-51-55-59-63-67-71-75-79-85(90)84(83-89)88-86(91)80-76-72-68-64-60-56-52-49-45-42-40-38-36-34-32-30-28-26-24-23-25-27-29-31-33-35-37-39-41-43-46-50-54-58-62-66-70-74-78-82-93-87(92)81-77-73-69-65-61-57-53-47-20-18-16-14-12-10-8-6-4-2/h12,14,18,20,23-24,84-85,89-90H,3-11,13,15-17,19,21-22,25-83H2,1-2H3,(H,88,91)/b14-12-,20-18-,24-23-. The summed E-state index contributed by atoms with van der Waals surface area (Å²) in [6, 6.07) is -0.539. The predicted molar refractivity (Wildman–Crippen MR) is 412 cm³/mol. The Kier molecular flexibility index (Phi) is 80.8. The fourth-order valence-electron chi connectivity index (χ4n) is 13.7. The molecule has 0 aliphatic rings. The normalized spacial score (nSPS) is 12.6. The minimum absolute atomic E-state index is 0.0155. The van der Waals surface area contributed by atoms with Gasteiger partial charge in [-0.3, -0.25) is 9.59 Å². The molecule has 0 spiro atoms. The molecule has 2 unspecified atom stereocenters. The van der Waals surface area contributed by atoms with Crippen molar-refractivity contribution in [2.45, 2.75) is 495 Å². The van der Waals surface area contributed by atoms with Crippen LogP contribution in [0.3, 0.4) is 0 Å².